The molecule has 0 saturated heterocycles. The van der Waals surface area contributed by atoms with Crippen molar-refractivity contribution in [2.24, 2.45) is 5.92 Å². The van der Waals surface area contributed by atoms with Gasteiger partial charge in [0, 0.05) is 18.3 Å². The minimum absolute atomic E-state index is 0.0852. The highest BCUT2D eigenvalue weighted by Gasteiger charge is 2.43. The van der Waals surface area contributed by atoms with Crippen molar-refractivity contribution in [1.29, 1.82) is 0 Å². The molecule has 5 heteroatoms. The van der Waals surface area contributed by atoms with Crippen molar-refractivity contribution < 1.29 is 18.3 Å². The molecule has 1 heterocycles. The molecule has 3 nitrogen and oxygen atoms in total. The quantitative estimate of drug-likeness (QED) is 0.861. The maximum Gasteiger partial charge on any atom is 0.586 e. The van der Waals surface area contributed by atoms with E-state index < -0.39 is 6.29 Å². The number of benzene rings is 1. The van der Waals surface area contributed by atoms with Crippen LogP contribution in [-0.4, -0.2) is 12.8 Å². The van der Waals surface area contributed by atoms with Gasteiger partial charge >= 0.3 is 6.29 Å². The molecular weight excluding hydrogens is 216 g/mol. The van der Waals surface area contributed by atoms with E-state index in [2.05, 4.69) is 14.8 Å². The van der Waals surface area contributed by atoms with Crippen molar-refractivity contribution >= 4 is 5.69 Å². The van der Waals surface area contributed by atoms with E-state index >= 15 is 0 Å². The SMILES string of the molecule is FC1(F)Oc2ccc(NCC3CC3)cc2O1. The predicted molar refractivity (Wildman–Crippen MR) is 53.9 cm³/mol. The Labute approximate surface area is 91.4 Å². The summed E-state index contributed by atoms with van der Waals surface area (Å²) in [4.78, 5) is 0. The Kier molecular flexibility index (Phi) is 1.96. The fourth-order valence-corrected chi connectivity index (χ4v) is 1.64. The summed E-state index contributed by atoms with van der Waals surface area (Å²) in [6.07, 6.45) is -1.04. The molecule has 1 saturated carbocycles. The number of anilines is 1. The third-order valence-electron chi connectivity index (χ3n) is 2.69. The van der Waals surface area contributed by atoms with Gasteiger partial charge in [0.05, 0.1) is 0 Å². The van der Waals surface area contributed by atoms with Gasteiger partial charge < -0.3 is 14.8 Å². The summed E-state index contributed by atoms with van der Waals surface area (Å²) >= 11 is 0. The van der Waals surface area contributed by atoms with E-state index in [1.165, 1.54) is 18.9 Å². The lowest BCUT2D eigenvalue weighted by atomic mass is 10.2. The van der Waals surface area contributed by atoms with Crippen LogP contribution in [-0.2, 0) is 0 Å². The lowest BCUT2D eigenvalue weighted by molar-refractivity contribution is -0.286. The Morgan fingerprint density at radius 2 is 2.00 bits per heavy atom. The standard InChI is InChI=1S/C11H11F2NO2/c12-11(13)15-9-4-3-8(5-10(9)16-11)14-6-7-1-2-7/h3-5,7,14H,1-2,6H2. The first kappa shape index (κ1) is 9.69. The molecule has 1 aliphatic heterocycles. The molecule has 86 valence electrons. The summed E-state index contributed by atoms with van der Waals surface area (Å²) < 4.78 is 34.1. The van der Waals surface area contributed by atoms with E-state index in [0.717, 1.165) is 18.2 Å². The molecule has 0 atom stereocenters. The first-order valence-electron chi connectivity index (χ1n) is 5.26. The smallest absolute Gasteiger partial charge is 0.395 e. The Morgan fingerprint density at radius 1 is 1.25 bits per heavy atom. The van der Waals surface area contributed by atoms with Crippen LogP contribution in [0.1, 0.15) is 12.8 Å². The molecule has 0 amide bonds. The molecule has 1 N–H and O–H groups in total. The van der Waals surface area contributed by atoms with Gasteiger partial charge in [-0.05, 0) is 30.9 Å². The van der Waals surface area contributed by atoms with Crippen molar-refractivity contribution in [2.75, 3.05) is 11.9 Å². The molecule has 1 fully saturated rings. The Balaban J connectivity index is 1.73. The molecule has 0 spiro atoms. The van der Waals surface area contributed by atoms with Gasteiger partial charge in [-0.3, -0.25) is 0 Å². The van der Waals surface area contributed by atoms with Crippen LogP contribution < -0.4 is 14.8 Å². The Hall–Kier alpha value is -1.52. The van der Waals surface area contributed by atoms with Gasteiger partial charge in [0.25, 0.3) is 0 Å². The number of fused-ring (bicyclic) bond motifs is 1. The number of hydrogen-bond donors (Lipinski definition) is 1. The van der Waals surface area contributed by atoms with E-state index in [9.17, 15) is 8.78 Å². The van der Waals surface area contributed by atoms with Crippen molar-refractivity contribution in [2.45, 2.75) is 19.1 Å². The van der Waals surface area contributed by atoms with Crippen LogP contribution >= 0.6 is 0 Å². The normalized spacial score (nSPS) is 20.9. The highest BCUT2D eigenvalue weighted by Crippen LogP contribution is 2.42. The van der Waals surface area contributed by atoms with Crippen molar-refractivity contribution in [3.05, 3.63) is 18.2 Å². The lowest BCUT2D eigenvalue weighted by Crippen LogP contribution is -2.25. The maximum atomic E-state index is 12.7. The summed E-state index contributed by atoms with van der Waals surface area (Å²) in [6, 6.07) is 4.75. The van der Waals surface area contributed by atoms with Crippen molar-refractivity contribution in [1.82, 2.24) is 0 Å². The summed E-state index contributed by atoms with van der Waals surface area (Å²) in [5.74, 6) is 0.902. The average molecular weight is 227 g/mol. The van der Waals surface area contributed by atoms with E-state index in [4.69, 9.17) is 0 Å². The molecule has 3 rings (SSSR count). The monoisotopic (exact) mass is 227 g/mol. The third kappa shape index (κ3) is 1.89. The summed E-state index contributed by atoms with van der Waals surface area (Å²) in [5.41, 5.74) is 0.784. The van der Waals surface area contributed by atoms with Crippen LogP contribution in [0.15, 0.2) is 18.2 Å². The summed E-state index contributed by atoms with van der Waals surface area (Å²) in [5, 5.41) is 3.18. The van der Waals surface area contributed by atoms with Crippen LogP contribution in [0.25, 0.3) is 0 Å². The third-order valence-corrected chi connectivity index (χ3v) is 2.69. The fraction of sp³-hybridized carbons (Fsp3) is 0.455. The molecule has 0 radical (unpaired) electrons. The van der Waals surface area contributed by atoms with E-state index in [1.807, 2.05) is 0 Å². The van der Waals surface area contributed by atoms with Crippen LogP contribution in [0.3, 0.4) is 0 Å². The highest BCUT2D eigenvalue weighted by molar-refractivity contribution is 5.56. The molecule has 0 unspecified atom stereocenters. The Morgan fingerprint density at radius 3 is 2.75 bits per heavy atom. The van der Waals surface area contributed by atoms with Crippen LogP contribution in [0, 0.1) is 5.92 Å². The molecule has 1 aromatic rings. The van der Waals surface area contributed by atoms with Crippen molar-refractivity contribution in [3.63, 3.8) is 0 Å². The summed E-state index contributed by atoms with van der Waals surface area (Å²) in [6.45, 7) is 0.885. The highest BCUT2D eigenvalue weighted by atomic mass is 19.3. The van der Waals surface area contributed by atoms with Gasteiger partial charge in [-0.15, -0.1) is 8.78 Å². The van der Waals surface area contributed by atoms with Crippen LogP contribution in [0.2, 0.25) is 0 Å². The zero-order chi connectivity index (χ0) is 11.2. The number of nitrogens with one attached hydrogen (secondary N) is 1. The lowest BCUT2D eigenvalue weighted by Gasteiger charge is -2.05. The molecule has 16 heavy (non-hydrogen) atoms. The van der Waals surface area contributed by atoms with Gasteiger partial charge in [-0.25, -0.2) is 0 Å². The minimum atomic E-state index is -3.53. The molecule has 1 aliphatic carbocycles. The minimum Gasteiger partial charge on any atom is -0.395 e. The van der Waals surface area contributed by atoms with E-state index in [1.54, 1.807) is 12.1 Å². The van der Waals surface area contributed by atoms with Gasteiger partial charge in [-0.2, -0.15) is 0 Å². The zero-order valence-corrected chi connectivity index (χ0v) is 8.50. The number of ether oxygens (including phenoxy) is 2. The second-order valence-electron chi connectivity index (χ2n) is 4.15. The average Bonchev–Trinajstić information content (AvgIpc) is 2.96. The summed E-state index contributed by atoms with van der Waals surface area (Å²) in [7, 11) is 0. The Bertz CT molecular complexity index is 418. The molecule has 0 bridgehead atoms. The van der Waals surface area contributed by atoms with Gasteiger partial charge in [0.2, 0.25) is 0 Å². The molecule has 1 aromatic carbocycles. The number of halogens is 2. The van der Waals surface area contributed by atoms with Crippen LogP contribution in [0.5, 0.6) is 11.5 Å². The van der Waals surface area contributed by atoms with E-state index in [-0.39, 0.29) is 11.5 Å². The largest absolute Gasteiger partial charge is 0.586 e. The number of hydrogen-bond acceptors (Lipinski definition) is 3. The first-order chi connectivity index (χ1) is 7.62. The fourth-order valence-electron chi connectivity index (χ4n) is 1.64. The molecule has 2 aliphatic rings. The topological polar surface area (TPSA) is 30.5 Å². The van der Waals surface area contributed by atoms with E-state index in [0.29, 0.717) is 0 Å². The predicted octanol–water partition coefficient (Wildman–Crippen LogP) is 2.83. The van der Waals surface area contributed by atoms with Gasteiger partial charge in [0.1, 0.15) is 0 Å². The zero-order valence-electron chi connectivity index (χ0n) is 8.50. The molecule has 0 aromatic heterocycles. The number of alkyl halides is 2. The van der Waals surface area contributed by atoms with Crippen LogP contribution in [0.4, 0.5) is 14.5 Å². The van der Waals surface area contributed by atoms with Crippen molar-refractivity contribution in [3.8, 4) is 11.5 Å². The molecular formula is C11H11F2NO2. The van der Waals surface area contributed by atoms with Gasteiger partial charge in [-0.1, -0.05) is 0 Å². The first-order valence-corrected chi connectivity index (χ1v) is 5.26. The number of rotatable bonds is 3. The van der Waals surface area contributed by atoms with Gasteiger partial charge in [0.15, 0.2) is 11.5 Å². The second kappa shape index (κ2) is 3.23. The maximum absolute atomic E-state index is 12.7. The second-order valence-corrected chi connectivity index (χ2v) is 4.15.